The van der Waals surface area contributed by atoms with Gasteiger partial charge in [0.2, 0.25) is 0 Å². The lowest BCUT2D eigenvalue weighted by Gasteiger charge is -2.31. The third kappa shape index (κ3) is 2.94. The van der Waals surface area contributed by atoms with Crippen molar-refractivity contribution in [3.8, 4) is 0 Å². The van der Waals surface area contributed by atoms with Crippen LogP contribution in [0.2, 0.25) is 5.02 Å². The molecule has 88 valence electrons. The fraction of sp³-hybridized carbons (Fsp3) is 0.583. The molecular formula is C12H18ClN3. The summed E-state index contributed by atoms with van der Waals surface area (Å²) >= 11 is 6.10. The van der Waals surface area contributed by atoms with Gasteiger partial charge >= 0.3 is 0 Å². The molecule has 3 nitrogen and oxygen atoms in total. The van der Waals surface area contributed by atoms with Crippen molar-refractivity contribution >= 4 is 11.6 Å². The molecule has 1 fully saturated rings. The molecule has 0 aromatic carbocycles. The van der Waals surface area contributed by atoms with E-state index in [-0.39, 0.29) is 0 Å². The maximum Gasteiger partial charge on any atom is 0.0634 e. The Balaban J connectivity index is 1.89. The Labute approximate surface area is 102 Å². The number of pyridine rings is 1. The van der Waals surface area contributed by atoms with Crippen LogP contribution < -0.4 is 5.32 Å². The Kier molecular flexibility index (Phi) is 4.16. The van der Waals surface area contributed by atoms with Crippen LogP contribution in [-0.4, -0.2) is 36.1 Å². The third-order valence-electron chi connectivity index (χ3n) is 3.25. The van der Waals surface area contributed by atoms with Gasteiger partial charge in [0.25, 0.3) is 0 Å². The summed E-state index contributed by atoms with van der Waals surface area (Å²) in [6.45, 7) is 3.23. The lowest BCUT2D eigenvalue weighted by atomic mass is 10.0. The molecule has 1 saturated heterocycles. The van der Waals surface area contributed by atoms with E-state index in [0.29, 0.717) is 6.04 Å². The van der Waals surface area contributed by atoms with E-state index >= 15 is 0 Å². The number of halogens is 1. The van der Waals surface area contributed by atoms with Gasteiger partial charge in [0.15, 0.2) is 0 Å². The molecule has 0 amide bonds. The molecule has 0 saturated carbocycles. The van der Waals surface area contributed by atoms with Crippen molar-refractivity contribution in [3.05, 3.63) is 29.0 Å². The van der Waals surface area contributed by atoms with Crippen LogP contribution in [-0.2, 0) is 6.54 Å². The topological polar surface area (TPSA) is 28.2 Å². The van der Waals surface area contributed by atoms with Crippen molar-refractivity contribution in [1.82, 2.24) is 15.2 Å². The highest BCUT2D eigenvalue weighted by Gasteiger charge is 2.18. The number of hydrogen-bond acceptors (Lipinski definition) is 3. The fourth-order valence-corrected chi connectivity index (χ4v) is 2.33. The van der Waals surface area contributed by atoms with Crippen molar-refractivity contribution in [3.63, 3.8) is 0 Å². The van der Waals surface area contributed by atoms with Crippen molar-refractivity contribution in [2.45, 2.75) is 25.4 Å². The van der Waals surface area contributed by atoms with E-state index in [9.17, 15) is 0 Å². The van der Waals surface area contributed by atoms with Crippen LogP contribution in [0, 0.1) is 0 Å². The van der Waals surface area contributed by atoms with Gasteiger partial charge in [-0.2, -0.15) is 0 Å². The monoisotopic (exact) mass is 239 g/mol. The standard InChI is InChI=1S/C12H18ClN3/c1-14-11-3-6-16(7-4-11)9-10-2-5-15-8-12(10)13/h2,5,8,11,14H,3-4,6-7,9H2,1H3. The van der Waals surface area contributed by atoms with Gasteiger partial charge < -0.3 is 5.32 Å². The number of piperidine rings is 1. The molecule has 2 rings (SSSR count). The maximum atomic E-state index is 6.10. The van der Waals surface area contributed by atoms with Crippen LogP contribution in [0.1, 0.15) is 18.4 Å². The van der Waals surface area contributed by atoms with Gasteiger partial charge in [0.05, 0.1) is 5.02 Å². The number of nitrogens with zero attached hydrogens (tertiary/aromatic N) is 2. The normalized spacial score (nSPS) is 18.9. The predicted molar refractivity (Wildman–Crippen MR) is 66.6 cm³/mol. The van der Waals surface area contributed by atoms with Crippen molar-refractivity contribution in [2.24, 2.45) is 0 Å². The van der Waals surface area contributed by atoms with E-state index in [1.807, 2.05) is 19.3 Å². The Morgan fingerprint density at radius 2 is 2.25 bits per heavy atom. The summed E-state index contributed by atoms with van der Waals surface area (Å²) in [4.78, 5) is 6.46. The van der Waals surface area contributed by atoms with E-state index in [0.717, 1.165) is 24.7 Å². The van der Waals surface area contributed by atoms with E-state index in [1.54, 1.807) is 6.20 Å². The van der Waals surface area contributed by atoms with Crippen molar-refractivity contribution in [2.75, 3.05) is 20.1 Å². The molecule has 0 bridgehead atoms. The highest BCUT2D eigenvalue weighted by Crippen LogP contribution is 2.18. The Morgan fingerprint density at radius 3 is 2.88 bits per heavy atom. The molecule has 2 heterocycles. The molecule has 0 radical (unpaired) electrons. The van der Waals surface area contributed by atoms with E-state index in [2.05, 4.69) is 15.2 Å². The molecule has 0 aliphatic carbocycles. The van der Waals surface area contributed by atoms with Crippen LogP contribution in [0.25, 0.3) is 0 Å². The minimum absolute atomic E-state index is 0.684. The second-order valence-corrected chi connectivity index (χ2v) is 4.71. The number of aromatic nitrogens is 1. The van der Waals surface area contributed by atoms with Crippen LogP contribution >= 0.6 is 11.6 Å². The van der Waals surface area contributed by atoms with Gasteiger partial charge in [-0.05, 0) is 44.6 Å². The zero-order valence-corrected chi connectivity index (χ0v) is 10.4. The number of rotatable bonds is 3. The molecule has 1 aliphatic heterocycles. The summed E-state index contributed by atoms with van der Waals surface area (Å²) in [5.41, 5.74) is 1.18. The fourth-order valence-electron chi connectivity index (χ4n) is 2.15. The van der Waals surface area contributed by atoms with Gasteiger partial charge in [-0.1, -0.05) is 11.6 Å². The summed E-state index contributed by atoms with van der Waals surface area (Å²) in [6.07, 6.45) is 5.97. The molecule has 0 unspecified atom stereocenters. The van der Waals surface area contributed by atoms with Crippen LogP contribution in [0.15, 0.2) is 18.5 Å². The summed E-state index contributed by atoms with van der Waals surface area (Å²) < 4.78 is 0. The lowest BCUT2D eigenvalue weighted by molar-refractivity contribution is 0.194. The molecule has 1 aliphatic rings. The SMILES string of the molecule is CNC1CCN(Cc2ccncc2Cl)CC1. The minimum Gasteiger partial charge on any atom is -0.317 e. The maximum absolute atomic E-state index is 6.10. The quantitative estimate of drug-likeness (QED) is 0.874. The second kappa shape index (κ2) is 5.62. The largest absolute Gasteiger partial charge is 0.317 e. The Morgan fingerprint density at radius 1 is 1.50 bits per heavy atom. The van der Waals surface area contributed by atoms with E-state index in [4.69, 9.17) is 11.6 Å². The van der Waals surface area contributed by atoms with Gasteiger partial charge in [-0.15, -0.1) is 0 Å². The average molecular weight is 240 g/mol. The molecule has 0 spiro atoms. The first-order chi connectivity index (χ1) is 7.79. The van der Waals surface area contributed by atoms with Crippen LogP contribution in [0.4, 0.5) is 0 Å². The first-order valence-corrected chi connectivity index (χ1v) is 6.15. The summed E-state index contributed by atoms with van der Waals surface area (Å²) in [6, 6.07) is 2.69. The molecule has 1 aromatic rings. The lowest BCUT2D eigenvalue weighted by Crippen LogP contribution is -2.40. The molecule has 4 heteroatoms. The molecule has 0 atom stereocenters. The summed E-state index contributed by atoms with van der Waals surface area (Å²) in [7, 11) is 2.04. The average Bonchev–Trinajstić information content (AvgIpc) is 2.33. The summed E-state index contributed by atoms with van der Waals surface area (Å²) in [5.74, 6) is 0. The predicted octanol–water partition coefficient (Wildman–Crippen LogP) is 1.92. The molecule has 16 heavy (non-hydrogen) atoms. The highest BCUT2D eigenvalue weighted by molar-refractivity contribution is 6.31. The van der Waals surface area contributed by atoms with Crippen LogP contribution in [0.5, 0.6) is 0 Å². The Bertz CT molecular complexity index is 335. The number of likely N-dealkylation sites (tertiary alicyclic amines) is 1. The van der Waals surface area contributed by atoms with Gasteiger partial charge in [0, 0.05) is 25.0 Å². The van der Waals surface area contributed by atoms with Crippen molar-refractivity contribution in [1.29, 1.82) is 0 Å². The van der Waals surface area contributed by atoms with E-state index in [1.165, 1.54) is 18.4 Å². The summed E-state index contributed by atoms with van der Waals surface area (Å²) in [5, 5.41) is 4.11. The Hall–Kier alpha value is -0.640. The first kappa shape index (κ1) is 11.8. The second-order valence-electron chi connectivity index (χ2n) is 4.31. The van der Waals surface area contributed by atoms with E-state index < -0.39 is 0 Å². The van der Waals surface area contributed by atoms with Gasteiger partial charge in [0.1, 0.15) is 0 Å². The number of hydrogen-bond donors (Lipinski definition) is 1. The zero-order valence-electron chi connectivity index (χ0n) is 9.62. The molecular weight excluding hydrogens is 222 g/mol. The smallest absolute Gasteiger partial charge is 0.0634 e. The van der Waals surface area contributed by atoms with Gasteiger partial charge in [-0.25, -0.2) is 0 Å². The number of nitrogens with one attached hydrogen (secondary N) is 1. The minimum atomic E-state index is 0.684. The third-order valence-corrected chi connectivity index (χ3v) is 3.59. The van der Waals surface area contributed by atoms with Crippen LogP contribution in [0.3, 0.4) is 0 Å². The van der Waals surface area contributed by atoms with Crippen molar-refractivity contribution < 1.29 is 0 Å². The van der Waals surface area contributed by atoms with Gasteiger partial charge in [-0.3, -0.25) is 9.88 Å². The highest BCUT2D eigenvalue weighted by atomic mass is 35.5. The molecule has 1 N–H and O–H groups in total. The molecule has 1 aromatic heterocycles. The zero-order chi connectivity index (χ0) is 11.4. The first-order valence-electron chi connectivity index (χ1n) is 5.77.